The van der Waals surface area contributed by atoms with Crippen LogP contribution < -0.4 is 4.90 Å². The van der Waals surface area contributed by atoms with Gasteiger partial charge in [0.05, 0.1) is 5.69 Å². The van der Waals surface area contributed by atoms with Crippen LogP contribution in [0.1, 0.15) is 41.5 Å². The van der Waals surface area contributed by atoms with Crippen molar-refractivity contribution in [2.75, 3.05) is 18.0 Å². The molecule has 4 nitrogen and oxygen atoms in total. The second-order valence-corrected chi connectivity index (χ2v) is 7.57. The topological polar surface area (TPSA) is 37.6 Å². The van der Waals surface area contributed by atoms with Crippen molar-refractivity contribution in [3.63, 3.8) is 0 Å². The summed E-state index contributed by atoms with van der Waals surface area (Å²) in [5.74, 6) is 0.122. The van der Waals surface area contributed by atoms with Crippen molar-refractivity contribution in [2.24, 2.45) is 0 Å². The molecule has 0 fully saturated rings. The van der Waals surface area contributed by atoms with Gasteiger partial charge in [-0.1, -0.05) is 42.8 Å². The monoisotopic (exact) mass is 393 g/mol. The first-order chi connectivity index (χ1) is 13.7. The number of Topliss-reactive ketones (excluding diaryl/α,β-unsaturated/α-hetero) is 1. The fourth-order valence-corrected chi connectivity index (χ4v) is 3.89. The molecular weight excluding hydrogens is 370 g/mol. The Hall–Kier alpha value is -2.59. The fourth-order valence-electron chi connectivity index (χ4n) is 3.74. The van der Waals surface area contributed by atoms with Crippen LogP contribution in [0, 0.1) is 0 Å². The van der Waals surface area contributed by atoms with Crippen LogP contribution in [-0.2, 0) is 12.8 Å². The molecule has 0 saturated carbocycles. The number of ketones is 1. The molecule has 2 aromatic heterocycles. The summed E-state index contributed by atoms with van der Waals surface area (Å²) in [5, 5.41) is 0.628. The van der Waals surface area contributed by atoms with Crippen LogP contribution in [-0.4, -0.2) is 28.3 Å². The minimum atomic E-state index is 0.122. The average molecular weight is 394 g/mol. The minimum Gasteiger partial charge on any atom is -0.368 e. The maximum absolute atomic E-state index is 13.0. The number of pyridine rings is 1. The number of aryl methyl sites for hydroxylation is 2. The molecule has 0 amide bonds. The van der Waals surface area contributed by atoms with Crippen LogP contribution in [0.25, 0.3) is 5.65 Å². The Morgan fingerprint density at radius 1 is 1.18 bits per heavy atom. The third kappa shape index (κ3) is 3.83. The SMILES string of the molecule is CCc1nc2cc(Cl)ccn2c1C(=O)CCc1ccc(N2CC=CCC2)cc1. The lowest BCUT2D eigenvalue weighted by Gasteiger charge is -2.25. The lowest BCUT2D eigenvalue weighted by atomic mass is 10.0. The van der Waals surface area contributed by atoms with Crippen molar-refractivity contribution >= 4 is 28.7 Å². The molecule has 0 spiro atoms. The Labute approximate surface area is 170 Å². The molecule has 0 radical (unpaired) electrons. The van der Waals surface area contributed by atoms with Crippen molar-refractivity contribution in [1.29, 1.82) is 0 Å². The molecule has 0 saturated heterocycles. The number of halogens is 1. The van der Waals surface area contributed by atoms with Gasteiger partial charge in [0.25, 0.3) is 0 Å². The molecule has 28 heavy (non-hydrogen) atoms. The van der Waals surface area contributed by atoms with Gasteiger partial charge in [-0.05, 0) is 43.0 Å². The Kier molecular flexibility index (Phi) is 5.49. The van der Waals surface area contributed by atoms with E-state index in [2.05, 4.69) is 46.3 Å². The highest BCUT2D eigenvalue weighted by atomic mass is 35.5. The summed E-state index contributed by atoms with van der Waals surface area (Å²) in [6.45, 7) is 4.05. The van der Waals surface area contributed by atoms with Gasteiger partial charge in [-0.15, -0.1) is 0 Å². The number of hydrogen-bond acceptors (Lipinski definition) is 3. The van der Waals surface area contributed by atoms with Gasteiger partial charge in [-0.2, -0.15) is 0 Å². The van der Waals surface area contributed by atoms with E-state index in [-0.39, 0.29) is 5.78 Å². The molecule has 4 rings (SSSR count). The van der Waals surface area contributed by atoms with Crippen LogP contribution in [0.5, 0.6) is 0 Å². The molecule has 5 heteroatoms. The molecule has 0 unspecified atom stereocenters. The lowest BCUT2D eigenvalue weighted by molar-refractivity contribution is 0.0976. The maximum atomic E-state index is 13.0. The van der Waals surface area contributed by atoms with Crippen LogP contribution in [0.2, 0.25) is 5.02 Å². The predicted octanol–water partition coefficient (Wildman–Crippen LogP) is 5.13. The number of imidazole rings is 1. The summed E-state index contributed by atoms with van der Waals surface area (Å²) in [6.07, 6.45) is 9.29. The van der Waals surface area contributed by atoms with Gasteiger partial charge >= 0.3 is 0 Å². The molecule has 1 aliphatic heterocycles. The van der Waals surface area contributed by atoms with Gasteiger partial charge in [-0.3, -0.25) is 9.20 Å². The van der Waals surface area contributed by atoms with Crippen molar-refractivity contribution < 1.29 is 4.79 Å². The number of benzene rings is 1. The van der Waals surface area contributed by atoms with Crippen molar-refractivity contribution in [2.45, 2.75) is 32.6 Å². The molecule has 1 aromatic carbocycles. The molecule has 3 heterocycles. The van der Waals surface area contributed by atoms with E-state index in [1.807, 2.05) is 17.5 Å². The van der Waals surface area contributed by atoms with E-state index in [0.717, 1.165) is 43.7 Å². The third-order valence-corrected chi connectivity index (χ3v) is 5.49. The number of rotatable bonds is 6. The van der Waals surface area contributed by atoms with E-state index in [9.17, 15) is 4.79 Å². The first-order valence-corrected chi connectivity index (χ1v) is 10.2. The standard InChI is InChI=1S/C23H24ClN3O/c1-2-20-23(27-15-12-18(24)16-22(27)25-20)21(28)11-8-17-6-9-19(10-7-17)26-13-4-3-5-14-26/h3-4,6-7,9-10,12,15-16H,2,5,8,11,13-14H2,1H3. The summed E-state index contributed by atoms with van der Waals surface area (Å²) in [7, 11) is 0. The number of hydrogen-bond donors (Lipinski definition) is 0. The van der Waals surface area contributed by atoms with E-state index in [0.29, 0.717) is 17.1 Å². The predicted molar refractivity (Wildman–Crippen MR) is 115 cm³/mol. The zero-order valence-electron chi connectivity index (χ0n) is 16.1. The zero-order valence-corrected chi connectivity index (χ0v) is 16.8. The van der Waals surface area contributed by atoms with E-state index in [4.69, 9.17) is 11.6 Å². The summed E-state index contributed by atoms with van der Waals surface area (Å²) in [5.41, 5.74) is 4.67. The van der Waals surface area contributed by atoms with E-state index in [1.165, 1.54) is 11.3 Å². The zero-order chi connectivity index (χ0) is 19.5. The number of carbonyl (C=O) groups is 1. The lowest BCUT2D eigenvalue weighted by Crippen LogP contribution is -2.26. The van der Waals surface area contributed by atoms with E-state index < -0.39 is 0 Å². The Morgan fingerprint density at radius 3 is 2.71 bits per heavy atom. The molecule has 3 aromatic rings. The molecule has 0 atom stereocenters. The quantitative estimate of drug-likeness (QED) is 0.430. The van der Waals surface area contributed by atoms with Crippen LogP contribution >= 0.6 is 11.6 Å². The minimum absolute atomic E-state index is 0.122. The normalized spacial score (nSPS) is 14.0. The Bertz CT molecular complexity index is 1020. The van der Waals surface area contributed by atoms with Crippen molar-refractivity contribution in [1.82, 2.24) is 9.38 Å². The summed E-state index contributed by atoms with van der Waals surface area (Å²) in [6, 6.07) is 12.2. The molecular formula is C23H24ClN3O. The van der Waals surface area contributed by atoms with Gasteiger partial charge in [0.2, 0.25) is 0 Å². The van der Waals surface area contributed by atoms with E-state index >= 15 is 0 Å². The summed E-state index contributed by atoms with van der Waals surface area (Å²) >= 11 is 6.07. The van der Waals surface area contributed by atoms with Gasteiger partial charge in [0.1, 0.15) is 11.3 Å². The molecule has 0 N–H and O–H groups in total. The Balaban J connectivity index is 1.47. The Morgan fingerprint density at radius 2 is 2.00 bits per heavy atom. The summed E-state index contributed by atoms with van der Waals surface area (Å²) in [4.78, 5) is 19.9. The van der Waals surface area contributed by atoms with Gasteiger partial charge in [-0.25, -0.2) is 4.98 Å². The second-order valence-electron chi connectivity index (χ2n) is 7.13. The number of aromatic nitrogens is 2. The molecule has 0 bridgehead atoms. The number of anilines is 1. The van der Waals surface area contributed by atoms with E-state index in [1.54, 1.807) is 12.1 Å². The highest BCUT2D eigenvalue weighted by Gasteiger charge is 2.18. The highest BCUT2D eigenvalue weighted by Crippen LogP contribution is 2.21. The molecule has 1 aliphatic rings. The van der Waals surface area contributed by atoms with Gasteiger partial charge < -0.3 is 4.90 Å². The second kappa shape index (κ2) is 8.19. The molecule has 0 aliphatic carbocycles. The number of fused-ring (bicyclic) bond motifs is 1. The van der Waals surface area contributed by atoms with Crippen molar-refractivity contribution in [3.05, 3.63) is 76.7 Å². The first-order valence-electron chi connectivity index (χ1n) is 9.84. The van der Waals surface area contributed by atoms with Crippen molar-refractivity contribution in [3.8, 4) is 0 Å². The summed E-state index contributed by atoms with van der Waals surface area (Å²) < 4.78 is 1.86. The number of nitrogens with zero attached hydrogens (tertiary/aromatic N) is 3. The van der Waals surface area contributed by atoms with Gasteiger partial charge in [0, 0.05) is 42.5 Å². The fraction of sp³-hybridized carbons (Fsp3) is 0.304. The van der Waals surface area contributed by atoms with Crippen LogP contribution in [0.3, 0.4) is 0 Å². The molecule has 144 valence electrons. The van der Waals surface area contributed by atoms with Gasteiger partial charge in [0.15, 0.2) is 5.78 Å². The third-order valence-electron chi connectivity index (χ3n) is 5.26. The maximum Gasteiger partial charge on any atom is 0.181 e. The van der Waals surface area contributed by atoms with Crippen LogP contribution in [0.15, 0.2) is 54.7 Å². The largest absolute Gasteiger partial charge is 0.368 e. The number of carbonyl (C=O) groups excluding carboxylic acids is 1. The highest BCUT2D eigenvalue weighted by molar-refractivity contribution is 6.30. The van der Waals surface area contributed by atoms with Crippen LogP contribution in [0.4, 0.5) is 5.69 Å². The first kappa shape index (κ1) is 18.8. The average Bonchev–Trinajstić information content (AvgIpc) is 3.10. The smallest absolute Gasteiger partial charge is 0.181 e.